The molecule has 0 aromatic heterocycles. The quantitative estimate of drug-likeness (QED) is 0.735. The molecule has 0 spiro atoms. The third-order valence-electron chi connectivity index (χ3n) is 1.84. The summed E-state index contributed by atoms with van der Waals surface area (Å²) in [5, 5.41) is 0. The molecular formula is C8H7FINO. The van der Waals surface area contributed by atoms with Crippen molar-refractivity contribution in [3.8, 4) is 5.75 Å². The summed E-state index contributed by atoms with van der Waals surface area (Å²) in [6.45, 7) is 0.453. The Morgan fingerprint density at radius 3 is 3.08 bits per heavy atom. The summed E-state index contributed by atoms with van der Waals surface area (Å²) in [6, 6.07) is 2.70. The standard InChI is InChI=1S/C8H7FINO/c9-4-1-5-7(11)3-12-8(5)6(10)2-4/h1-2,7H,3,11H2/t7-/m1/s1. The molecule has 0 saturated carbocycles. The van der Waals surface area contributed by atoms with E-state index in [1.54, 1.807) is 0 Å². The molecule has 64 valence electrons. The second-order valence-electron chi connectivity index (χ2n) is 2.72. The molecule has 0 unspecified atom stereocenters. The predicted molar refractivity (Wildman–Crippen MR) is 51.5 cm³/mol. The molecule has 1 heterocycles. The Labute approximate surface area is 83.0 Å². The third kappa shape index (κ3) is 1.19. The van der Waals surface area contributed by atoms with Gasteiger partial charge in [0, 0.05) is 5.56 Å². The minimum absolute atomic E-state index is 0.177. The van der Waals surface area contributed by atoms with Crippen LogP contribution in [0.1, 0.15) is 11.6 Å². The molecule has 2 rings (SSSR count). The van der Waals surface area contributed by atoms with Crippen molar-refractivity contribution in [2.75, 3.05) is 6.61 Å². The Kier molecular flexibility index (Phi) is 1.96. The van der Waals surface area contributed by atoms with Gasteiger partial charge in [0.15, 0.2) is 0 Å². The molecule has 1 atom stereocenters. The molecule has 4 heteroatoms. The first-order chi connectivity index (χ1) is 5.68. The van der Waals surface area contributed by atoms with Crippen LogP contribution in [0.5, 0.6) is 5.75 Å². The number of ether oxygens (including phenoxy) is 1. The van der Waals surface area contributed by atoms with Crippen LogP contribution in [0.3, 0.4) is 0 Å². The van der Waals surface area contributed by atoms with Gasteiger partial charge in [-0.1, -0.05) is 0 Å². The monoisotopic (exact) mass is 279 g/mol. The van der Waals surface area contributed by atoms with Crippen LogP contribution in [0.4, 0.5) is 4.39 Å². The van der Waals surface area contributed by atoms with Crippen LogP contribution in [0.25, 0.3) is 0 Å². The van der Waals surface area contributed by atoms with Crippen molar-refractivity contribution in [1.82, 2.24) is 0 Å². The molecule has 0 bridgehead atoms. The topological polar surface area (TPSA) is 35.2 Å². The van der Waals surface area contributed by atoms with Gasteiger partial charge >= 0.3 is 0 Å². The molecule has 0 fully saturated rings. The zero-order valence-electron chi connectivity index (χ0n) is 6.18. The fourth-order valence-corrected chi connectivity index (χ4v) is 2.04. The molecule has 1 aromatic rings. The van der Waals surface area contributed by atoms with Gasteiger partial charge in [0.1, 0.15) is 18.2 Å². The molecule has 0 radical (unpaired) electrons. The first-order valence-corrected chi connectivity index (χ1v) is 4.63. The van der Waals surface area contributed by atoms with E-state index in [0.717, 1.165) is 14.9 Å². The second-order valence-corrected chi connectivity index (χ2v) is 3.89. The highest BCUT2D eigenvalue weighted by atomic mass is 127. The van der Waals surface area contributed by atoms with E-state index in [2.05, 4.69) is 0 Å². The molecule has 2 nitrogen and oxygen atoms in total. The highest BCUT2D eigenvalue weighted by molar-refractivity contribution is 14.1. The normalized spacial score (nSPS) is 20.4. The SMILES string of the molecule is N[C@@H]1COc2c(I)cc(F)cc21. The number of halogens is 2. The molecule has 0 aliphatic carbocycles. The smallest absolute Gasteiger partial charge is 0.137 e. The van der Waals surface area contributed by atoms with Crippen LogP contribution < -0.4 is 10.5 Å². The van der Waals surface area contributed by atoms with Crippen LogP contribution >= 0.6 is 22.6 Å². The lowest BCUT2D eigenvalue weighted by Gasteiger charge is -2.02. The summed E-state index contributed by atoms with van der Waals surface area (Å²) in [5.74, 6) is 0.489. The molecule has 2 N–H and O–H groups in total. The van der Waals surface area contributed by atoms with E-state index >= 15 is 0 Å². The fraction of sp³-hybridized carbons (Fsp3) is 0.250. The average molecular weight is 279 g/mol. The van der Waals surface area contributed by atoms with Gasteiger partial charge in [-0.15, -0.1) is 0 Å². The highest BCUT2D eigenvalue weighted by Gasteiger charge is 2.23. The lowest BCUT2D eigenvalue weighted by Crippen LogP contribution is -2.10. The van der Waals surface area contributed by atoms with Crippen molar-refractivity contribution in [2.45, 2.75) is 6.04 Å². The van der Waals surface area contributed by atoms with E-state index in [4.69, 9.17) is 10.5 Å². The van der Waals surface area contributed by atoms with E-state index in [1.165, 1.54) is 12.1 Å². The van der Waals surface area contributed by atoms with Crippen LogP contribution in [0, 0.1) is 9.39 Å². The minimum Gasteiger partial charge on any atom is -0.490 e. The highest BCUT2D eigenvalue weighted by Crippen LogP contribution is 2.35. The van der Waals surface area contributed by atoms with E-state index in [1.807, 2.05) is 22.6 Å². The summed E-state index contributed by atoms with van der Waals surface area (Å²) in [7, 11) is 0. The zero-order chi connectivity index (χ0) is 8.72. The first-order valence-electron chi connectivity index (χ1n) is 3.56. The number of fused-ring (bicyclic) bond motifs is 1. The molecule has 1 aliphatic heterocycles. The van der Waals surface area contributed by atoms with Crippen LogP contribution in [0.15, 0.2) is 12.1 Å². The number of nitrogens with two attached hydrogens (primary N) is 1. The van der Waals surface area contributed by atoms with E-state index in [0.29, 0.717) is 6.61 Å². The molecule has 0 amide bonds. The van der Waals surface area contributed by atoms with Crippen molar-refractivity contribution in [3.05, 3.63) is 27.1 Å². The maximum absolute atomic E-state index is 12.9. The van der Waals surface area contributed by atoms with Crippen molar-refractivity contribution in [1.29, 1.82) is 0 Å². The largest absolute Gasteiger partial charge is 0.490 e. The summed E-state index contributed by atoms with van der Waals surface area (Å²) in [6.07, 6.45) is 0. The van der Waals surface area contributed by atoms with Crippen molar-refractivity contribution >= 4 is 22.6 Å². The summed E-state index contributed by atoms with van der Waals surface area (Å²) in [4.78, 5) is 0. The fourth-order valence-electron chi connectivity index (χ4n) is 1.27. The van der Waals surface area contributed by atoms with Gasteiger partial charge in [-0.3, -0.25) is 0 Å². The van der Waals surface area contributed by atoms with Gasteiger partial charge in [-0.25, -0.2) is 4.39 Å². The Morgan fingerprint density at radius 1 is 1.58 bits per heavy atom. The van der Waals surface area contributed by atoms with Gasteiger partial charge in [-0.2, -0.15) is 0 Å². The van der Waals surface area contributed by atoms with Gasteiger partial charge < -0.3 is 10.5 Å². The molecular weight excluding hydrogens is 272 g/mol. The van der Waals surface area contributed by atoms with Crippen molar-refractivity contribution in [3.63, 3.8) is 0 Å². The molecule has 0 saturated heterocycles. The summed E-state index contributed by atoms with van der Waals surface area (Å²) in [5.41, 5.74) is 6.47. The van der Waals surface area contributed by atoms with E-state index in [9.17, 15) is 4.39 Å². The van der Waals surface area contributed by atoms with E-state index in [-0.39, 0.29) is 11.9 Å². The van der Waals surface area contributed by atoms with Gasteiger partial charge in [-0.05, 0) is 34.7 Å². The van der Waals surface area contributed by atoms with Crippen LogP contribution in [-0.4, -0.2) is 6.61 Å². The average Bonchev–Trinajstić information content (AvgIpc) is 2.33. The Hall–Kier alpha value is -0.360. The maximum atomic E-state index is 12.9. The maximum Gasteiger partial charge on any atom is 0.137 e. The number of benzene rings is 1. The molecule has 1 aromatic carbocycles. The first kappa shape index (κ1) is 8.25. The number of hydrogen-bond acceptors (Lipinski definition) is 2. The lowest BCUT2D eigenvalue weighted by molar-refractivity contribution is 0.331. The van der Waals surface area contributed by atoms with Gasteiger partial charge in [0.05, 0.1) is 9.61 Å². The summed E-state index contributed by atoms with van der Waals surface area (Å²) >= 11 is 2.04. The van der Waals surface area contributed by atoms with Gasteiger partial charge in [0.25, 0.3) is 0 Å². The van der Waals surface area contributed by atoms with Crippen molar-refractivity contribution < 1.29 is 9.13 Å². The predicted octanol–water partition coefficient (Wildman–Crippen LogP) is 1.82. The molecule has 12 heavy (non-hydrogen) atoms. The third-order valence-corrected chi connectivity index (χ3v) is 2.65. The second kappa shape index (κ2) is 2.85. The lowest BCUT2D eigenvalue weighted by atomic mass is 10.1. The van der Waals surface area contributed by atoms with Gasteiger partial charge in [0.2, 0.25) is 0 Å². The number of rotatable bonds is 0. The Bertz CT molecular complexity index is 329. The van der Waals surface area contributed by atoms with Crippen LogP contribution in [-0.2, 0) is 0 Å². The van der Waals surface area contributed by atoms with E-state index < -0.39 is 0 Å². The minimum atomic E-state index is -0.251. The Morgan fingerprint density at radius 2 is 2.33 bits per heavy atom. The zero-order valence-corrected chi connectivity index (χ0v) is 8.34. The number of hydrogen-bond donors (Lipinski definition) is 1. The summed E-state index contributed by atoms with van der Waals surface area (Å²) < 4.78 is 19.0. The Balaban J connectivity index is 2.60. The van der Waals surface area contributed by atoms with Crippen molar-refractivity contribution in [2.24, 2.45) is 5.73 Å². The molecule has 1 aliphatic rings. The van der Waals surface area contributed by atoms with Crippen LogP contribution in [0.2, 0.25) is 0 Å².